The Labute approximate surface area is 74.6 Å². The Morgan fingerprint density at radius 3 is 2.75 bits per heavy atom. The molecule has 1 aliphatic carbocycles. The lowest BCUT2D eigenvalue weighted by atomic mass is 10.0. The van der Waals surface area contributed by atoms with E-state index in [1.807, 2.05) is 0 Å². The van der Waals surface area contributed by atoms with Gasteiger partial charge in [-0.15, -0.1) is 0 Å². The number of aryl methyl sites for hydroxylation is 1. The summed E-state index contributed by atoms with van der Waals surface area (Å²) in [6.07, 6.45) is 3.95. The van der Waals surface area contributed by atoms with Crippen molar-refractivity contribution in [1.29, 1.82) is 0 Å². The van der Waals surface area contributed by atoms with E-state index < -0.39 is 0 Å². The molecule has 0 radical (unpaired) electrons. The van der Waals surface area contributed by atoms with E-state index in [0.717, 1.165) is 5.92 Å². The zero-order valence-electron chi connectivity index (χ0n) is 7.93. The molecule has 0 N–H and O–H groups in total. The fourth-order valence-corrected chi connectivity index (χ4v) is 2.13. The summed E-state index contributed by atoms with van der Waals surface area (Å²) in [6.45, 7) is 4.48. The molecule has 0 amide bonds. The van der Waals surface area contributed by atoms with Crippen LogP contribution in [-0.4, -0.2) is 0 Å². The second-order valence-corrected chi connectivity index (χ2v) is 3.95. The van der Waals surface area contributed by atoms with Crippen LogP contribution in [0.15, 0.2) is 18.2 Å². The molecule has 0 bridgehead atoms. The summed E-state index contributed by atoms with van der Waals surface area (Å²) in [5.41, 5.74) is 4.60. The van der Waals surface area contributed by atoms with Crippen LogP contribution in [0.1, 0.15) is 30.0 Å². The Kier molecular flexibility index (Phi) is 1.92. The monoisotopic (exact) mass is 160 g/mol. The lowest BCUT2D eigenvalue weighted by molar-refractivity contribution is 0.543. The molecule has 1 aromatic carbocycles. The van der Waals surface area contributed by atoms with E-state index in [1.165, 1.54) is 24.8 Å². The summed E-state index contributed by atoms with van der Waals surface area (Å²) in [4.78, 5) is 0. The Balaban J connectivity index is 2.30. The third-order valence-corrected chi connectivity index (χ3v) is 2.96. The van der Waals surface area contributed by atoms with Crippen LogP contribution in [0.25, 0.3) is 0 Å². The van der Waals surface area contributed by atoms with Gasteiger partial charge in [-0.25, -0.2) is 0 Å². The average molecular weight is 160 g/mol. The van der Waals surface area contributed by atoms with Crippen molar-refractivity contribution in [3.63, 3.8) is 0 Å². The SMILES string of the molecule is CCC1Cc2ccc(C)cc2C1. The van der Waals surface area contributed by atoms with Crippen LogP contribution in [-0.2, 0) is 12.8 Å². The van der Waals surface area contributed by atoms with E-state index in [0.29, 0.717) is 0 Å². The first-order valence-corrected chi connectivity index (χ1v) is 4.88. The van der Waals surface area contributed by atoms with Crippen molar-refractivity contribution < 1.29 is 0 Å². The second kappa shape index (κ2) is 2.93. The van der Waals surface area contributed by atoms with Crippen LogP contribution in [0.4, 0.5) is 0 Å². The lowest BCUT2D eigenvalue weighted by Gasteiger charge is -2.01. The summed E-state index contributed by atoms with van der Waals surface area (Å²) in [6, 6.07) is 6.89. The predicted molar refractivity (Wildman–Crippen MR) is 52.4 cm³/mol. The number of hydrogen-bond donors (Lipinski definition) is 0. The molecule has 0 heteroatoms. The highest BCUT2D eigenvalue weighted by Crippen LogP contribution is 2.28. The van der Waals surface area contributed by atoms with E-state index >= 15 is 0 Å². The molecule has 1 unspecified atom stereocenters. The van der Waals surface area contributed by atoms with Crippen molar-refractivity contribution in [2.45, 2.75) is 33.1 Å². The Hall–Kier alpha value is -0.780. The van der Waals surface area contributed by atoms with E-state index in [4.69, 9.17) is 0 Å². The molecule has 0 fully saturated rings. The van der Waals surface area contributed by atoms with Gasteiger partial charge in [-0.05, 0) is 36.8 Å². The third kappa shape index (κ3) is 1.26. The second-order valence-electron chi connectivity index (χ2n) is 3.95. The maximum atomic E-state index is 2.35. The minimum Gasteiger partial charge on any atom is -0.0651 e. The first-order valence-electron chi connectivity index (χ1n) is 4.88. The number of fused-ring (bicyclic) bond motifs is 1. The number of rotatable bonds is 1. The number of hydrogen-bond acceptors (Lipinski definition) is 0. The van der Waals surface area contributed by atoms with Crippen molar-refractivity contribution in [3.05, 3.63) is 34.9 Å². The van der Waals surface area contributed by atoms with Gasteiger partial charge in [-0.2, -0.15) is 0 Å². The Bertz CT molecular complexity index is 286. The summed E-state index contributed by atoms with van der Waals surface area (Å²) in [5.74, 6) is 0.918. The molecule has 0 spiro atoms. The summed E-state index contributed by atoms with van der Waals surface area (Å²) in [7, 11) is 0. The van der Waals surface area contributed by atoms with E-state index in [1.54, 1.807) is 11.1 Å². The Morgan fingerprint density at radius 1 is 1.25 bits per heavy atom. The van der Waals surface area contributed by atoms with Crippen LogP contribution >= 0.6 is 0 Å². The first-order chi connectivity index (χ1) is 5.79. The van der Waals surface area contributed by atoms with Crippen LogP contribution in [0, 0.1) is 12.8 Å². The summed E-state index contributed by atoms with van der Waals surface area (Å²) < 4.78 is 0. The summed E-state index contributed by atoms with van der Waals surface area (Å²) >= 11 is 0. The summed E-state index contributed by atoms with van der Waals surface area (Å²) in [5, 5.41) is 0. The highest BCUT2D eigenvalue weighted by molar-refractivity contribution is 5.35. The molecule has 0 nitrogen and oxygen atoms in total. The van der Waals surface area contributed by atoms with Gasteiger partial charge in [0.1, 0.15) is 0 Å². The largest absolute Gasteiger partial charge is 0.0651 e. The first kappa shape index (κ1) is 7.85. The molecule has 1 atom stereocenters. The zero-order chi connectivity index (χ0) is 8.55. The van der Waals surface area contributed by atoms with Gasteiger partial charge in [0.05, 0.1) is 0 Å². The molecule has 64 valence electrons. The van der Waals surface area contributed by atoms with Gasteiger partial charge >= 0.3 is 0 Å². The molecule has 0 aliphatic heterocycles. The molecule has 2 rings (SSSR count). The molecule has 0 saturated heterocycles. The average Bonchev–Trinajstić information content (AvgIpc) is 2.46. The standard InChI is InChI=1S/C12H16/c1-3-10-7-11-5-4-9(2)6-12(11)8-10/h4-6,10H,3,7-8H2,1-2H3. The fraction of sp³-hybridized carbons (Fsp3) is 0.500. The van der Waals surface area contributed by atoms with Gasteiger partial charge in [0.25, 0.3) is 0 Å². The van der Waals surface area contributed by atoms with Crippen molar-refractivity contribution >= 4 is 0 Å². The molecule has 0 heterocycles. The molecule has 0 aromatic heterocycles. The quantitative estimate of drug-likeness (QED) is 0.592. The smallest absolute Gasteiger partial charge is 0.0244 e. The molecule has 1 aromatic rings. The third-order valence-electron chi connectivity index (χ3n) is 2.96. The van der Waals surface area contributed by atoms with Crippen LogP contribution < -0.4 is 0 Å². The van der Waals surface area contributed by atoms with Gasteiger partial charge in [0.15, 0.2) is 0 Å². The lowest BCUT2D eigenvalue weighted by Crippen LogP contribution is -1.95. The maximum Gasteiger partial charge on any atom is -0.0244 e. The van der Waals surface area contributed by atoms with Crippen molar-refractivity contribution in [2.24, 2.45) is 5.92 Å². The van der Waals surface area contributed by atoms with Crippen molar-refractivity contribution in [3.8, 4) is 0 Å². The van der Waals surface area contributed by atoms with Gasteiger partial charge in [0, 0.05) is 0 Å². The van der Waals surface area contributed by atoms with Crippen molar-refractivity contribution in [1.82, 2.24) is 0 Å². The normalized spacial score (nSPS) is 21.0. The minimum absolute atomic E-state index is 0.918. The highest BCUT2D eigenvalue weighted by Gasteiger charge is 2.19. The molecule has 0 saturated carbocycles. The van der Waals surface area contributed by atoms with Gasteiger partial charge in [-0.3, -0.25) is 0 Å². The molecule has 1 aliphatic rings. The van der Waals surface area contributed by atoms with E-state index in [-0.39, 0.29) is 0 Å². The zero-order valence-corrected chi connectivity index (χ0v) is 7.93. The maximum absolute atomic E-state index is 2.35. The van der Waals surface area contributed by atoms with Crippen LogP contribution in [0.3, 0.4) is 0 Å². The Morgan fingerprint density at radius 2 is 2.00 bits per heavy atom. The topological polar surface area (TPSA) is 0 Å². The highest BCUT2D eigenvalue weighted by atomic mass is 14.2. The number of benzene rings is 1. The van der Waals surface area contributed by atoms with Gasteiger partial charge in [0.2, 0.25) is 0 Å². The van der Waals surface area contributed by atoms with Gasteiger partial charge < -0.3 is 0 Å². The van der Waals surface area contributed by atoms with E-state index in [9.17, 15) is 0 Å². The fourth-order valence-electron chi connectivity index (χ4n) is 2.13. The van der Waals surface area contributed by atoms with Crippen LogP contribution in [0.5, 0.6) is 0 Å². The molecular formula is C12H16. The van der Waals surface area contributed by atoms with Crippen LogP contribution in [0.2, 0.25) is 0 Å². The minimum atomic E-state index is 0.918. The van der Waals surface area contributed by atoms with E-state index in [2.05, 4.69) is 32.0 Å². The van der Waals surface area contributed by atoms with Gasteiger partial charge in [-0.1, -0.05) is 37.1 Å². The molecule has 12 heavy (non-hydrogen) atoms. The molecular weight excluding hydrogens is 144 g/mol. The predicted octanol–water partition coefficient (Wildman–Crippen LogP) is 3.12. The van der Waals surface area contributed by atoms with Crippen molar-refractivity contribution in [2.75, 3.05) is 0 Å².